The van der Waals surface area contributed by atoms with E-state index in [9.17, 15) is 194 Å². The Morgan fingerprint density at radius 2 is 0.595 bits per heavy atom. The third kappa shape index (κ3) is 24.0. The minimum absolute atomic E-state index is 0.488. The van der Waals surface area contributed by atoms with Crippen LogP contribution in [-0.2, 0) is 161 Å². The third-order valence-corrected chi connectivity index (χ3v) is 20.9. The Kier molecular flexibility index (Phi) is 31.8. The molecule has 38 atom stereocenters. The molecule has 7 fully saturated rings. The second-order valence-electron chi connectivity index (χ2n) is 25.7. The van der Waals surface area contributed by atoms with Crippen molar-refractivity contribution >= 4 is 85.9 Å². The highest BCUT2D eigenvalue weighted by atomic mass is 32.3. The van der Waals surface area contributed by atoms with Gasteiger partial charge in [0.1, 0.15) is 165 Å². The third-order valence-electron chi connectivity index (χ3n) is 17.8. The van der Waals surface area contributed by atoms with Crippen LogP contribution in [0.2, 0.25) is 0 Å². The highest BCUT2D eigenvalue weighted by molar-refractivity contribution is 7.84. The summed E-state index contributed by atoms with van der Waals surface area (Å²) in [4.78, 5) is 50.6. The fourth-order valence-electron chi connectivity index (χ4n) is 12.6. The van der Waals surface area contributed by atoms with Crippen molar-refractivity contribution in [1.29, 1.82) is 0 Å². The Morgan fingerprint density at radius 3 is 0.879 bits per heavy atom. The van der Waals surface area contributed by atoms with Crippen molar-refractivity contribution in [3.63, 3.8) is 0 Å². The lowest BCUT2D eigenvalue weighted by atomic mass is 9.94. The Morgan fingerprint density at radius 1 is 0.328 bits per heavy atom. The zero-order chi connectivity index (χ0) is 87.2. The number of aliphatic hydroxyl groups is 15. The van der Waals surface area contributed by atoms with Gasteiger partial charge in [-0.05, 0) is 6.08 Å². The molecule has 0 spiro atoms. The summed E-state index contributed by atoms with van der Waals surface area (Å²) in [7, 11) is -34.4. The summed E-state index contributed by atoms with van der Waals surface area (Å²) in [6.07, 6.45) is -91.2. The Labute approximate surface area is 647 Å². The molecule has 0 bridgehead atoms. The Balaban J connectivity index is 1.04. The smallest absolute Gasteiger partial charge is 0.397 e. The van der Waals surface area contributed by atoms with E-state index in [1.807, 2.05) is 0 Å². The molecule has 116 heavy (non-hydrogen) atoms. The average molecular weight is 1830 g/mol. The van der Waals surface area contributed by atoms with Crippen molar-refractivity contribution in [3.05, 3.63) is 11.8 Å². The lowest BCUT2D eigenvalue weighted by Crippen LogP contribution is -2.71. The molecule has 0 amide bonds. The van der Waals surface area contributed by atoms with E-state index in [1.165, 1.54) is 18.9 Å². The predicted octanol–water partition coefficient (Wildman–Crippen LogP) is -19.7. The van der Waals surface area contributed by atoms with E-state index in [4.69, 9.17) is 71.1 Å². The van der Waals surface area contributed by atoms with Crippen LogP contribution in [0.25, 0.3) is 0 Å². The van der Waals surface area contributed by atoms with Crippen molar-refractivity contribution in [2.24, 2.45) is 0 Å². The number of hydrogen-bond donors (Lipinski definition) is 29. The van der Waals surface area contributed by atoms with Gasteiger partial charge in [-0.25, -0.2) is 27.5 Å². The maximum absolute atomic E-state index is 13.1. The first-order valence-electron chi connectivity index (χ1n) is 32.1. The molecule has 8 heterocycles. The summed E-state index contributed by atoms with van der Waals surface area (Å²) in [5, 5.41) is 207. The molecule has 0 aromatic rings. The first kappa shape index (κ1) is 96.9. The van der Waals surface area contributed by atoms with Crippen LogP contribution in [0.5, 0.6) is 0 Å². The molecule has 672 valence electrons. The molecular weight excluding hydrogens is 1750 g/mol. The van der Waals surface area contributed by atoms with Gasteiger partial charge in [-0.2, -0.15) is 69.4 Å². The van der Waals surface area contributed by atoms with Gasteiger partial charge in [0.15, 0.2) is 62.3 Å². The van der Waals surface area contributed by atoms with E-state index in [0.717, 1.165) is 0 Å². The zero-order valence-electron chi connectivity index (χ0n) is 56.9. The standard InChI is InChI=1S/C48H76N4O58S6/c53-2-8-27(17(57)12(41(75)96-8)49-111(76,77)78)102-46-24(64)21(61)32(35(108-46)39(71)72)106-43-14(51-113(82,83)84)19(59)30(11(99-43)5-95-116(91,92)93)104-48-26(66)23(63)33(36(110-48)40(73)74)107-44-15(52-114(85,86)87)20(60)29(10(100-44)4-94-115(88,89)90)103-47-25(65)22(62)31(34(109-47)38(69)70)105-42-13(50-112(79,80)81)18(58)28(9(3-54)98-42)101-45-16(56)6(55)1-7(97-45)37(67)68/h1,6,8-36,41-66,75H,2-5H2,(H,67,68)(H,69,70)(H,71,72)(H,73,74)(H,76,77,78)(H,79,80,81)(H,82,83,84)(H,85,86,87)(H,88,89,90)(H,91,92,93)/t6-,8+,9+,10+,11+,12+,13+,14+,15+,16+,17+,18+,19+,20+,21+,22+,23+,24+,25+,26+,27+,28+,29+,30+,31-,32-,33-,34?,35?,36?,41-,42+,43+,44+,45-,46?,47?,48?/m0/s1. The van der Waals surface area contributed by atoms with Crippen molar-refractivity contribution in [2.45, 2.75) is 233 Å². The minimum Gasteiger partial charge on any atom is -0.479 e. The molecule has 29 N–H and O–H groups in total. The largest absolute Gasteiger partial charge is 0.479 e. The van der Waals surface area contributed by atoms with Gasteiger partial charge in [-0.1, -0.05) is 0 Å². The van der Waals surface area contributed by atoms with Crippen LogP contribution in [0.15, 0.2) is 11.8 Å². The van der Waals surface area contributed by atoms with Gasteiger partial charge < -0.3 is 168 Å². The number of rotatable bonds is 34. The van der Waals surface area contributed by atoms with Crippen LogP contribution in [0.4, 0.5) is 0 Å². The number of carbonyl (C=O) groups is 4. The second kappa shape index (κ2) is 38.1. The molecule has 6 unspecified atom stereocenters. The van der Waals surface area contributed by atoms with Gasteiger partial charge in [0.2, 0.25) is 12.0 Å². The molecule has 0 aliphatic carbocycles. The molecule has 7 saturated heterocycles. The molecule has 0 aromatic carbocycles. The van der Waals surface area contributed by atoms with Crippen LogP contribution in [-0.4, -0.2) is 458 Å². The number of carboxylic acids is 4. The van der Waals surface area contributed by atoms with Crippen LogP contribution in [0.3, 0.4) is 0 Å². The van der Waals surface area contributed by atoms with E-state index in [0.29, 0.717) is 6.08 Å². The minimum atomic E-state index is -5.94. The van der Waals surface area contributed by atoms with E-state index in [2.05, 4.69) is 8.37 Å². The molecule has 62 nitrogen and oxygen atoms in total. The van der Waals surface area contributed by atoms with Crippen LogP contribution < -0.4 is 18.9 Å². The highest BCUT2D eigenvalue weighted by Crippen LogP contribution is 2.40. The number of carboxylic acid groups (broad SMARTS) is 4. The lowest BCUT2D eigenvalue weighted by molar-refractivity contribution is -0.380. The average Bonchev–Trinajstić information content (AvgIpc) is 0.766. The maximum atomic E-state index is 13.1. The summed E-state index contributed by atoms with van der Waals surface area (Å²) in [6, 6.07) is -10.7. The molecular formula is C48H76N4O58S6. The van der Waals surface area contributed by atoms with Crippen LogP contribution in [0.1, 0.15) is 0 Å². The van der Waals surface area contributed by atoms with Gasteiger partial charge in [0.25, 0.3) is 0 Å². The van der Waals surface area contributed by atoms with E-state index in [-0.39, 0.29) is 0 Å². The number of hydrogen-bond acceptors (Lipinski definition) is 48. The SMILES string of the molecule is O=C(O)C1=C[C@H](O)[C@@H](O)[C@H](O[C@H]2[C@H](O)[C@@H](NS(=O)(=O)O)[C@@H](O[C@@H]3C(C(=O)O)OC(O[C@H]4[C@H](O)[C@@H](NS(=O)(=O)O)[C@@H](O[C@@H]5C(C(=O)O)OC(O[C@H]6[C@H](O)[C@@H](NS(=O)(=O)O)[C@@H](O[C@@H]7C(C(=O)O)OC(O[C@H]8[C@H](O)[C@@H](NS(=O)(=O)O)[C@@H](O)O[C@@H]8CO)[C@H](O)[C@H]7O)O[C@@H]6COS(=O)(=O)O)[C@H](O)[C@H]5O)O[C@@H]4COS(=O)(=O)O)[C@H](O)[C@H]3O)O[C@@H]2CO)O1. The quantitative estimate of drug-likeness (QED) is 0.0266. The summed E-state index contributed by atoms with van der Waals surface area (Å²) in [5.41, 5.74) is 0. The number of aliphatic hydroxyl groups excluding tert-OH is 15. The molecule has 68 heteroatoms. The fraction of sp³-hybridized carbons (Fsp3) is 0.875. The van der Waals surface area contributed by atoms with Crippen molar-refractivity contribution in [1.82, 2.24) is 18.9 Å². The summed E-state index contributed by atoms with van der Waals surface area (Å²) >= 11 is 0. The van der Waals surface area contributed by atoms with E-state index < -0.39 is 351 Å². The number of aliphatic carboxylic acids is 4. The molecule has 0 aromatic heterocycles. The lowest BCUT2D eigenvalue weighted by Gasteiger charge is -2.50. The number of ether oxygens (including phenoxy) is 15. The Bertz CT molecular complexity index is 4170. The maximum Gasteiger partial charge on any atom is 0.397 e. The van der Waals surface area contributed by atoms with Crippen molar-refractivity contribution in [2.75, 3.05) is 26.4 Å². The van der Waals surface area contributed by atoms with Crippen molar-refractivity contribution < 1.29 is 273 Å². The zero-order valence-corrected chi connectivity index (χ0v) is 61.8. The van der Waals surface area contributed by atoms with Gasteiger partial charge in [-0.3, -0.25) is 27.3 Å². The first-order valence-corrected chi connectivity index (χ1v) is 40.6. The second-order valence-corrected chi connectivity index (χ2v) is 32.6. The Hall–Kier alpha value is -4.52. The van der Waals surface area contributed by atoms with Gasteiger partial charge >= 0.3 is 85.9 Å². The van der Waals surface area contributed by atoms with Gasteiger partial charge in [0, 0.05) is 0 Å². The summed E-state index contributed by atoms with van der Waals surface area (Å²) in [5.74, 6) is -9.97. The molecule has 8 aliphatic rings. The van der Waals surface area contributed by atoms with Gasteiger partial charge in [0.05, 0.1) is 26.4 Å². The normalized spacial score (nSPS) is 43.2. The van der Waals surface area contributed by atoms with E-state index in [1.54, 1.807) is 0 Å². The van der Waals surface area contributed by atoms with Crippen LogP contribution >= 0.6 is 0 Å². The molecule has 8 aliphatic heterocycles. The summed E-state index contributed by atoms with van der Waals surface area (Å²) in [6.45, 7) is -6.25. The molecule has 8 rings (SSSR count). The van der Waals surface area contributed by atoms with Gasteiger partial charge in [-0.15, -0.1) is 0 Å². The first-order chi connectivity index (χ1) is 53.3. The highest BCUT2D eigenvalue weighted by Gasteiger charge is 2.62. The topological polar surface area (TPSA) is 984 Å². The van der Waals surface area contributed by atoms with Crippen molar-refractivity contribution in [3.8, 4) is 0 Å². The van der Waals surface area contributed by atoms with E-state index >= 15 is 0 Å². The molecule has 0 saturated carbocycles. The van der Waals surface area contributed by atoms with Crippen LogP contribution in [0, 0.1) is 0 Å². The number of nitrogens with one attached hydrogen (secondary N) is 4. The fourth-order valence-corrected chi connectivity index (χ4v) is 15.6. The molecule has 0 radical (unpaired) electrons. The predicted molar refractivity (Wildman–Crippen MR) is 336 cm³/mol. The monoisotopic (exact) mass is 1830 g/mol. The summed E-state index contributed by atoms with van der Waals surface area (Å²) < 4.78 is 299.